The number of allylic oxidation sites excluding steroid dienone is 6. The fourth-order valence-corrected chi connectivity index (χ4v) is 7.52. The maximum atomic E-state index is 12.8. The molecule has 13 heteroatoms. The Bertz CT molecular complexity index is 1070. The molecule has 0 bridgehead atoms. The molecule has 8 atom stereocenters. The summed E-state index contributed by atoms with van der Waals surface area (Å²) in [5.41, 5.74) is 0. The lowest BCUT2D eigenvalue weighted by Gasteiger charge is -2.41. The highest BCUT2D eigenvalue weighted by Crippen LogP contribution is 2.47. The number of ether oxygens (including phenoxy) is 2. The molecule has 328 valence electrons. The molecule has 1 fully saturated rings. The average molecular weight is 819 g/mol. The minimum Gasteiger partial charge on any atom is -0.457 e. The van der Waals surface area contributed by atoms with E-state index in [9.17, 15) is 39.8 Å². The van der Waals surface area contributed by atoms with E-state index in [2.05, 4.69) is 50.3 Å². The number of carbonyl (C=O) groups is 1. The van der Waals surface area contributed by atoms with Gasteiger partial charge in [-0.2, -0.15) is 0 Å². The van der Waals surface area contributed by atoms with E-state index in [0.717, 1.165) is 70.6 Å². The van der Waals surface area contributed by atoms with Crippen molar-refractivity contribution in [2.24, 2.45) is 0 Å². The largest absolute Gasteiger partial charge is 0.472 e. The Labute approximate surface area is 338 Å². The summed E-state index contributed by atoms with van der Waals surface area (Å²) in [5, 5.41) is 50.1. The summed E-state index contributed by atoms with van der Waals surface area (Å²) in [7, 11) is -5.02. The summed E-state index contributed by atoms with van der Waals surface area (Å²) < 4.78 is 34.1. The van der Waals surface area contributed by atoms with E-state index in [4.69, 9.17) is 18.5 Å². The summed E-state index contributed by atoms with van der Waals surface area (Å²) in [6, 6.07) is 0. The van der Waals surface area contributed by atoms with Crippen LogP contribution in [0.3, 0.4) is 0 Å². The zero-order valence-corrected chi connectivity index (χ0v) is 35.6. The molecule has 1 rings (SSSR count). The average Bonchev–Trinajstić information content (AvgIpc) is 3.18. The lowest BCUT2D eigenvalue weighted by molar-refractivity contribution is -0.220. The van der Waals surface area contributed by atoms with E-state index in [0.29, 0.717) is 13.0 Å². The first-order chi connectivity index (χ1) is 27.0. The van der Waals surface area contributed by atoms with Crippen LogP contribution in [-0.2, 0) is 27.9 Å². The zero-order chi connectivity index (χ0) is 41.3. The highest BCUT2D eigenvalue weighted by Gasteiger charge is 2.51. The van der Waals surface area contributed by atoms with E-state index in [1.165, 1.54) is 70.6 Å². The van der Waals surface area contributed by atoms with E-state index >= 15 is 0 Å². The van der Waals surface area contributed by atoms with Crippen LogP contribution >= 0.6 is 7.82 Å². The summed E-state index contributed by atoms with van der Waals surface area (Å²) in [6.07, 6.45) is 26.4. The van der Waals surface area contributed by atoms with Gasteiger partial charge in [-0.25, -0.2) is 4.57 Å². The van der Waals surface area contributed by atoms with E-state index in [1.807, 2.05) is 0 Å². The van der Waals surface area contributed by atoms with Gasteiger partial charge in [-0.1, -0.05) is 153 Å². The van der Waals surface area contributed by atoms with Gasteiger partial charge in [0.15, 0.2) is 0 Å². The molecule has 0 aromatic heterocycles. The Morgan fingerprint density at radius 1 is 0.589 bits per heavy atom. The molecule has 0 aromatic carbocycles. The van der Waals surface area contributed by atoms with E-state index < -0.39 is 63.1 Å². The molecular weight excluding hydrogens is 739 g/mol. The second-order valence-electron chi connectivity index (χ2n) is 15.2. The number of aliphatic hydroxyl groups excluding tert-OH is 5. The third-order valence-corrected chi connectivity index (χ3v) is 11.0. The summed E-state index contributed by atoms with van der Waals surface area (Å²) in [4.78, 5) is 23.1. The van der Waals surface area contributed by atoms with Crippen LogP contribution in [0.15, 0.2) is 36.5 Å². The van der Waals surface area contributed by atoms with Crippen molar-refractivity contribution in [3.63, 3.8) is 0 Å². The first-order valence-electron chi connectivity index (χ1n) is 21.8. The first kappa shape index (κ1) is 52.6. The van der Waals surface area contributed by atoms with Crippen molar-refractivity contribution in [2.75, 3.05) is 19.8 Å². The van der Waals surface area contributed by atoms with Gasteiger partial charge in [-0.3, -0.25) is 13.8 Å². The lowest BCUT2D eigenvalue weighted by atomic mass is 9.85. The third kappa shape index (κ3) is 26.5. The second kappa shape index (κ2) is 34.4. The van der Waals surface area contributed by atoms with Gasteiger partial charge in [-0.05, 0) is 44.9 Å². The SMILES string of the molecule is CC/C=C\C/C=C\C/C=C\CCCCCCCC(=O)O[C@H](COCCCCCCCCCCCCCCCC)COP(=O)(O)OC1C(O)C(O)C(O)[C@@H](O)C1O. The number of esters is 1. The van der Waals surface area contributed by atoms with Gasteiger partial charge in [-0.15, -0.1) is 0 Å². The molecular formula is C43H79O12P. The van der Waals surface area contributed by atoms with Gasteiger partial charge < -0.3 is 39.9 Å². The van der Waals surface area contributed by atoms with Crippen molar-refractivity contribution in [1.82, 2.24) is 0 Å². The molecule has 0 amide bonds. The number of hydrogen-bond acceptors (Lipinski definition) is 11. The number of hydrogen-bond donors (Lipinski definition) is 6. The Kier molecular flexibility index (Phi) is 32.3. The number of aliphatic hydroxyl groups is 5. The molecule has 1 aliphatic rings. The van der Waals surface area contributed by atoms with Gasteiger partial charge in [0.25, 0.3) is 0 Å². The van der Waals surface area contributed by atoms with Crippen LogP contribution in [0.1, 0.15) is 168 Å². The van der Waals surface area contributed by atoms with Crippen LogP contribution in [0.5, 0.6) is 0 Å². The van der Waals surface area contributed by atoms with Crippen LogP contribution in [0.4, 0.5) is 0 Å². The van der Waals surface area contributed by atoms with Crippen molar-refractivity contribution in [3.05, 3.63) is 36.5 Å². The summed E-state index contributed by atoms with van der Waals surface area (Å²) >= 11 is 0. The van der Waals surface area contributed by atoms with Crippen molar-refractivity contribution in [1.29, 1.82) is 0 Å². The topological polar surface area (TPSA) is 192 Å². The fraction of sp³-hybridized carbons (Fsp3) is 0.837. The van der Waals surface area contributed by atoms with Crippen molar-refractivity contribution in [3.8, 4) is 0 Å². The summed E-state index contributed by atoms with van der Waals surface area (Å²) in [5.74, 6) is -0.494. The molecule has 0 radical (unpaired) electrons. The van der Waals surface area contributed by atoms with Gasteiger partial charge >= 0.3 is 13.8 Å². The first-order valence-corrected chi connectivity index (χ1v) is 23.3. The highest BCUT2D eigenvalue weighted by atomic mass is 31.2. The van der Waals surface area contributed by atoms with E-state index in [-0.39, 0.29) is 13.0 Å². The van der Waals surface area contributed by atoms with Crippen LogP contribution in [0, 0.1) is 0 Å². The highest BCUT2D eigenvalue weighted by molar-refractivity contribution is 7.47. The van der Waals surface area contributed by atoms with Gasteiger partial charge in [0.05, 0.1) is 13.2 Å². The van der Waals surface area contributed by atoms with Crippen LogP contribution < -0.4 is 0 Å². The summed E-state index contributed by atoms with van der Waals surface area (Å²) in [6.45, 7) is 4.12. The minimum atomic E-state index is -5.02. The van der Waals surface area contributed by atoms with Crippen molar-refractivity contribution >= 4 is 13.8 Å². The normalized spacial score (nSPS) is 23.4. The van der Waals surface area contributed by atoms with Crippen molar-refractivity contribution < 1.29 is 58.3 Å². The zero-order valence-electron chi connectivity index (χ0n) is 34.7. The van der Waals surface area contributed by atoms with Crippen LogP contribution in [-0.4, -0.2) is 98.9 Å². The third-order valence-electron chi connectivity index (χ3n) is 10.0. The number of carbonyl (C=O) groups excluding carboxylic acids is 1. The lowest BCUT2D eigenvalue weighted by Crippen LogP contribution is -2.64. The minimum absolute atomic E-state index is 0.0816. The molecule has 0 saturated heterocycles. The fourth-order valence-electron chi connectivity index (χ4n) is 6.55. The predicted octanol–water partition coefficient (Wildman–Crippen LogP) is 8.31. The smallest absolute Gasteiger partial charge is 0.457 e. The second-order valence-corrected chi connectivity index (χ2v) is 16.6. The van der Waals surface area contributed by atoms with Gasteiger partial charge in [0.2, 0.25) is 0 Å². The van der Waals surface area contributed by atoms with Crippen LogP contribution in [0.25, 0.3) is 0 Å². The van der Waals surface area contributed by atoms with Crippen molar-refractivity contribution in [2.45, 2.75) is 211 Å². The molecule has 12 nitrogen and oxygen atoms in total. The standard InChI is InChI=1S/C43H79O12P/c1-3-5-7-9-11-13-15-17-19-20-22-24-26-28-30-32-37(44)54-36(34-52-33-31-29-27-25-23-21-18-16-14-12-10-8-6-4-2)35-53-56(50,51)55-43-41(48)39(46)38(45)40(47)42(43)49/h5,7,11,13,17,19,36,38-43,45-49H,3-4,6,8-10,12,14-16,18,20-35H2,1-2H3,(H,50,51)/b7-5-,13-11-,19-17-/t36-,38?,39-,40?,41?,42?,43?/m1/s1. The predicted molar refractivity (Wildman–Crippen MR) is 221 cm³/mol. The number of phosphoric ester groups is 1. The molecule has 0 aliphatic heterocycles. The molecule has 56 heavy (non-hydrogen) atoms. The number of rotatable bonds is 36. The maximum absolute atomic E-state index is 12.8. The van der Waals surface area contributed by atoms with Gasteiger partial charge in [0.1, 0.15) is 42.7 Å². The molecule has 1 saturated carbocycles. The molecule has 6 unspecified atom stereocenters. The molecule has 0 spiro atoms. The Hall–Kier alpha value is -1.44. The maximum Gasteiger partial charge on any atom is 0.472 e. The van der Waals surface area contributed by atoms with E-state index in [1.54, 1.807) is 0 Å². The number of phosphoric acid groups is 1. The molecule has 0 aromatic rings. The Morgan fingerprint density at radius 3 is 1.61 bits per heavy atom. The quantitative estimate of drug-likeness (QED) is 0.0154. The Morgan fingerprint density at radius 2 is 1.05 bits per heavy atom. The number of unbranched alkanes of at least 4 members (excludes halogenated alkanes) is 18. The molecule has 6 N–H and O–H groups in total. The molecule has 1 aliphatic carbocycles. The van der Waals surface area contributed by atoms with Gasteiger partial charge in [0, 0.05) is 13.0 Å². The van der Waals surface area contributed by atoms with Crippen LogP contribution in [0.2, 0.25) is 0 Å². The monoisotopic (exact) mass is 819 g/mol. The molecule has 0 heterocycles. The Balaban J connectivity index is 2.43.